The monoisotopic (exact) mass is 350 g/mol. The number of rotatable bonds is 4. The molecule has 1 aliphatic rings. The van der Waals surface area contributed by atoms with Gasteiger partial charge in [-0.1, -0.05) is 36.9 Å². The van der Waals surface area contributed by atoms with Crippen LogP contribution in [0.3, 0.4) is 0 Å². The number of piperidine rings is 1. The quantitative estimate of drug-likeness (QED) is 0.679. The summed E-state index contributed by atoms with van der Waals surface area (Å²) < 4.78 is 0. The van der Waals surface area contributed by atoms with E-state index in [1.54, 1.807) is 11.0 Å². The van der Waals surface area contributed by atoms with Gasteiger partial charge in [0.1, 0.15) is 0 Å². The van der Waals surface area contributed by atoms with E-state index in [1.165, 1.54) is 13.0 Å². The van der Waals surface area contributed by atoms with Crippen LogP contribution in [0, 0.1) is 5.92 Å². The van der Waals surface area contributed by atoms with Crippen molar-refractivity contribution in [3.63, 3.8) is 0 Å². The predicted octanol–water partition coefficient (Wildman–Crippen LogP) is 3.41. The van der Waals surface area contributed by atoms with Crippen LogP contribution in [0.4, 0.5) is 5.69 Å². The van der Waals surface area contributed by atoms with Crippen molar-refractivity contribution in [3.8, 4) is 0 Å². The van der Waals surface area contributed by atoms with E-state index in [0.29, 0.717) is 37.2 Å². The lowest BCUT2D eigenvalue weighted by Gasteiger charge is -2.30. The molecule has 0 radical (unpaired) electrons. The van der Waals surface area contributed by atoms with Gasteiger partial charge in [0, 0.05) is 30.0 Å². The number of benzene rings is 2. The maximum Gasteiger partial charge on any atom is 0.245 e. The second kappa shape index (κ2) is 7.52. The molecule has 0 aliphatic carbocycles. The highest BCUT2D eigenvalue weighted by molar-refractivity contribution is 6.12. The van der Waals surface area contributed by atoms with Crippen LogP contribution in [-0.4, -0.2) is 35.6 Å². The van der Waals surface area contributed by atoms with Crippen molar-refractivity contribution in [2.75, 3.05) is 18.4 Å². The Morgan fingerprint density at radius 3 is 2.46 bits per heavy atom. The lowest BCUT2D eigenvalue weighted by Crippen LogP contribution is -2.40. The Morgan fingerprint density at radius 1 is 1.12 bits per heavy atom. The molecule has 0 atom stereocenters. The molecule has 5 nitrogen and oxygen atoms in total. The molecule has 1 heterocycles. The van der Waals surface area contributed by atoms with Gasteiger partial charge in [-0.15, -0.1) is 0 Å². The zero-order valence-electron chi connectivity index (χ0n) is 14.8. The largest absolute Gasteiger partial charge is 0.339 e. The highest BCUT2D eigenvalue weighted by atomic mass is 16.2. The first-order valence-electron chi connectivity index (χ1n) is 8.76. The number of amides is 2. The average Bonchev–Trinajstić information content (AvgIpc) is 2.67. The first-order valence-corrected chi connectivity index (χ1v) is 8.76. The number of hydrogen-bond acceptors (Lipinski definition) is 3. The van der Waals surface area contributed by atoms with Crippen molar-refractivity contribution in [3.05, 3.63) is 54.6 Å². The fourth-order valence-electron chi connectivity index (χ4n) is 3.42. The molecule has 1 aliphatic heterocycles. The number of anilines is 1. The van der Waals surface area contributed by atoms with Gasteiger partial charge < -0.3 is 10.2 Å². The fraction of sp³-hybridized carbons (Fsp3) is 0.286. The first-order chi connectivity index (χ1) is 12.5. The zero-order valence-corrected chi connectivity index (χ0v) is 14.8. The Bertz CT molecular complexity index is 880. The summed E-state index contributed by atoms with van der Waals surface area (Å²) >= 11 is 0. The molecular weight excluding hydrogens is 328 g/mol. The summed E-state index contributed by atoms with van der Waals surface area (Å²) in [4.78, 5) is 38.2. The number of likely N-dealkylation sites (tertiary alicyclic amines) is 1. The van der Waals surface area contributed by atoms with Crippen LogP contribution < -0.4 is 5.32 Å². The first kappa shape index (κ1) is 17.9. The van der Waals surface area contributed by atoms with E-state index in [9.17, 15) is 14.4 Å². The van der Waals surface area contributed by atoms with Crippen molar-refractivity contribution < 1.29 is 14.4 Å². The Hall–Kier alpha value is -2.95. The molecule has 1 N–H and O–H groups in total. The smallest absolute Gasteiger partial charge is 0.245 e. The third-order valence-corrected chi connectivity index (χ3v) is 4.91. The molecule has 0 spiro atoms. The average molecular weight is 350 g/mol. The number of carbonyl (C=O) groups is 3. The highest BCUT2D eigenvalue weighted by Gasteiger charge is 2.27. The normalized spacial score (nSPS) is 14.9. The molecule has 2 amide bonds. The molecule has 0 unspecified atom stereocenters. The van der Waals surface area contributed by atoms with E-state index in [0.717, 1.165) is 10.8 Å². The summed E-state index contributed by atoms with van der Waals surface area (Å²) in [5, 5.41) is 4.81. The van der Waals surface area contributed by atoms with Crippen LogP contribution in [0.25, 0.3) is 10.8 Å². The van der Waals surface area contributed by atoms with Crippen LogP contribution in [0.2, 0.25) is 0 Å². The third-order valence-electron chi connectivity index (χ3n) is 4.91. The molecule has 2 aromatic rings. The molecule has 3 rings (SSSR count). The summed E-state index contributed by atoms with van der Waals surface area (Å²) in [5.74, 6) is -0.466. The molecule has 2 aromatic carbocycles. The summed E-state index contributed by atoms with van der Waals surface area (Å²) in [5.41, 5.74) is 1.08. The lowest BCUT2D eigenvalue weighted by atomic mass is 9.94. The second-order valence-electron chi connectivity index (χ2n) is 6.56. The number of hydrogen-bond donors (Lipinski definition) is 1. The standard InChI is InChI=1S/C21H22N2O3/c1-3-19(25)23-12-10-16(11-13-23)21(26)22-20-17(14(2)24)9-8-15-6-4-5-7-18(15)20/h3-9,16H,1,10-13H2,2H3,(H,22,26). The van der Waals surface area contributed by atoms with E-state index in [1.807, 2.05) is 30.3 Å². The SMILES string of the molecule is C=CC(=O)N1CCC(C(=O)Nc2c(C(C)=O)ccc3ccccc23)CC1. The number of nitrogens with zero attached hydrogens (tertiary/aromatic N) is 1. The minimum absolute atomic E-state index is 0.0857. The van der Waals surface area contributed by atoms with E-state index in [2.05, 4.69) is 11.9 Å². The van der Waals surface area contributed by atoms with E-state index >= 15 is 0 Å². The van der Waals surface area contributed by atoms with Crippen LogP contribution in [0.1, 0.15) is 30.1 Å². The third kappa shape index (κ3) is 3.52. The van der Waals surface area contributed by atoms with E-state index < -0.39 is 0 Å². The topological polar surface area (TPSA) is 66.5 Å². The second-order valence-corrected chi connectivity index (χ2v) is 6.56. The summed E-state index contributed by atoms with van der Waals surface area (Å²) in [7, 11) is 0. The Morgan fingerprint density at radius 2 is 1.81 bits per heavy atom. The number of fused-ring (bicyclic) bond motifs is 1. The van der Waals surface area contributed by atoms with E-state index in [-0.39, 0.29) is 23.5 Å². The van der Waals surface area contributed by atoms with Crippen LogP contribution >= 0.6 is 0 Å². The minimum atomic E-state index is -0.178. The van der Waals surface area contributed by atoms with Crippen molar-refractivity contribution in [1.29, 1.82) is 0 Å². The van der Waals surface area contributed by atoms with Crippen molar-refractivity contribution in [2.45, 2.75) is 19.8 Å². The van der Waals surface area contributed by atoms with Gasteiger partial charge in [-0.3, -0.25) is 14.4 Å². The van der Waals surface area contributed by atoms with E-state index in [4.69, 9.17) is 0 Å². The Kier molecular flexibility index (Phi) is 5.16. The summed E-state index contributed by atoms with van der Waals surface area (Å²) in [6.45, 7) is 6.08. The maximum absolute atomic E-state index is 12.8. The van der Waals surface area contributed by atoms with Gasteiger partial charge in [-0.2, -0.15) is 0 Å². The van der Waals surface area contributed by atoms with Gasteiger partial charge in [-0.25, -0.2) is 0 Å². The van der Waals surface area contributed by atoms with Crippen molar-refractivity contribution in [1.82, 2.24) is 4.90 Å². The Labute approximate surface area is 152 Å². The number of carbonyl (C=O) groups excluding carboxylic acids is 3. The van der Waals surface area contributed by atoms with Crippen LogP contribution in [-0.2, 0) is 9.59 Å². The summed E-state index contributed by atoms with van der Waals surface area (Å²) in [6, 6.07) is 11.3. The van der Waals surface area contributed by atoms with Crippen molar-refractivity contribution in [2.24, 2.45) is 5.92 Å². The van der Waals surface area contributed by atoms with Crippen LogP contribution in [0.5, 0.6) is 0 Å². The Balaban J connectivity index is 1.81. The number of nitrogens with one attached hydrogen (secondary N) is 1. The van der Waals surface area contributed by atoms with Gasteiger partial charge >= 0.3 is 0 Å². The minimum Gasteiger partial charge on any atom is -0.339 e. The van der Waals surface area contributed by atoms with Crippen LogP contribution in [0.15, 0.2) is 49.1 Å². The molecule has 0 aromatic heterocycles. The van der Waals surface area contributed by atoms with Gasteiger partial charge in [0.25, 0.3) is 0 Å². The maximum atomic E-state index is 12.8. The highest BCUT2D eigenvalue weighted by Crippen LogP contribution is 2.29. The molecule has 0 bridgehead atoms. The fourth-order valence-corrected chi connectivity index (χ4v) is 3.42. The predicted molar refractivity (Wildman–Crippen MR) is 102 cm³/mol. The molecule has 1 fully saturated rings. The molecule has 1 saturated heterocycles. The van der Waals surface area contributed by atoms with Gasteiger partial charge in [0.2, 0.25) is 11.8 Å². The van der Waals surface area contributed by atoms with Gasteiger partial charge in [0.15, 0.2) is 5.78 Å². The number of ketones is 1. The van der Waals surface area contributed by atoms with Crippen molar-refractivity contribution >= 4 is 34.1 Å². The number of Topliss-reactive ketones (excluding diaryl/α,β-unsaturated/α-hetero) is 1. The van der Waals surface area contributed by atoms with Gasteiger partial charge in [-0.05, 0) is 37.3 Å². The van der Waals surface area contributed by atoms with Gasteiger partial charge in [0.05, 0.1) is 5.69 Å². The zero-order chi connectivity index (χ0) is 18.7. The summed E-state index contributed by atoms with van der Waals surface area (Å²) in [6.07, 6.45) is 2.51. The molecule has 134 valence electrons. The lowest BCUT2D eigenvalue weighted by molar-refractivity contribution is -0.130. The molecular formula is C21H22N2O3. The molecule has 5 heteroatoms. The molecule has 26 heavy (non-hydrogen) atoms. The molecule has 0 saturated carbocycles.